The highest BCUT2D eigenvalue weighted by molar-refractivity contribution is 6.42. The molecule has 17 rings (SSSR count). The van der Waals surface area contributed by atoms with Crippen LogP contribution in [0, 0.1) is 17.7 Å². The van der Waals surface area contributed by atoms with E-state index < -0.39 is 46.1 Å². The Kier molecular flexibility index (Phi) is 26.5. The Balaban J connectivity index is 0.000000149. The summed E-state index contributed by atoms with van der Waals surface area (Å²) in [7, 11) is 6.45. The number of likely N-dealkylation sites (tertiary alicyclic amines) is 2. The van der Waals surface area contributed by atoms with Gasteiger partial charge in [-0.3, -0.25) is 4.98 Å². The lowest BCUT2D eigenvalue weighted by molar-refractivity contribution is -0.159. The van der Waals surface area contributed by atoms with Crippen molar-refractivity contribution < 1.29 is 61.8 Å². The molecule has 9 heterocycles. The molecule has 2 atom stereocenters. The number of pyridine rings is 4. The van der Waals surface area contributed by atoms with Crippen molar-refractivity contribution in [3.8, 4) is 29.0 Å². The Hall–Kier alpha value is -12.0. The second-order valence-corrected chi connectivity index (χ2v) is 36.2. The fraction of sp³-hybridized carbons (Fsp3) is 0.257. The molecule has 3 N–H and O–H groups in total. The van der Waals surface area contributed by atoms with E-state index in [2.05, 4.69) is 63.5 Å². The molecule has 2 fully saturated rings. The molecule has 2 unspecified atom stereocenters. The number of carbonyl (C=O) groups is 2. The highest BCUT2D eigenvalue weighted by atomic mass is 35.5. The highest BCUT2D eigenvalue weighted by Crippen LogP contribution is 2.50. The monoisotopic (exact) mass is 1840 g/mol. The van der Waals surface area contributed by atoms with Gasteiger partial charge in [0.2, 0.25) is 17.6 Å². The fourth-order valence-corrected chi connectivity index (χ4v) is 17.6. The number of amides is 2. The molecular weight excluding hydrogens is 1750 g/mol. The Morgan fingerprint density at radius 3 is 1.19 bits per heavy atom. The first-order chi connectivity index (χ1) is 61.4. The van der Waals surface area contributed by atoms with Gasteiger partial charge < -0.3 is 62.5 Å². The molecule has 0 spiro atoms. The topological polar surface area (TPSA) is 227 Å². The zero-order valence-corrected chi connectivity index (χ0v) is 76.3. The van der Waals surface area contributed by atoms with Crippen molar-refractivity contribution in [2.75, 3.05) is 47.5 Å². The summed E-state index contributed by atoms with van der Waals surface area (Å²) in [5, 5.41) is 41.3. The number of aryl methyl sites for hydroxylation is 1. The molecule has 0 bridgehead atoms. The Morgan fingerprint density at radius 1 is 0.434 bits per heavy atom. The van der Waals surface area contributed by atoms with Crippen LogP contribution < -0.4 is 14.2 Å². The number of hydrogen-bond acceptors (Lipinski definition) is 15. The second kappa shape index (κ2) is 37.2. The van der Waals surface area contributed by atoms with Gasteiger partial charge in [-0.2, -0.15) is 0 Å². The van der Waals surface area contributed by atoms with Crippen LogP contribution in [0.25, 0.3) is 44.1 Å². The summed E-state index contributed by atoms with van der Waals surface area (Å²) in [5.74, 6) is -2.85. The molecule has 20 nitrogen and oxygen atoms in total. The summed E-state index contributed by atoms with van der Waals surface area (Å²) in [5.41, 5.74) is 6.63. The SMILES string of the molecule is COc1nc2ccc(C(O)(C3CN(C(=O)OC(C)(C)C)C3)C3CN(C(=O)OC(C)(C)C)C3)cc2c(Cl)c1Cc1ccc(C(C)(F)F)cc1.COc1nc2ccc(C(O)(c3ccc(F)cc3)c3cncn3C)cc2c(Cl)c1Cc1ccc(-n2cccc2)cc1.COc1nc2ccc(C(O)(c3cccnc3)c3ccc(Cl)c(Cl)c3)cc2c(Cl)c1Cc1ccc(-n2cccc2)cc1. The molecule has 129 heavy (non-hydrogen) atoms. The van der Waals surface area contributed by atoms with Crippen molar-refractivity contribution >= 4 is 103 Å². The van der Waals surface area contributed by atoms with Crippen LogP contribution in [0.5, 0.6) is 17.6 Å². The summed E-state index contributed by atoms with van der Waals surface area (Å²) < 4.78 is 75.2. The highest BCUT2D eigenvalue weighted by Gasteiger charge is 2.56. The summed E-state index contributed by atoms with van der Waals surface area (Å²) in [6.07, 6.45) is 14.9. The molecule has 2 aliphatic rings. The van der Waals surface area contributed by atoms with Gasteiger partial charge in [-0.25, -0.2) is 42.7 Å². The van der Waals surface area contributed by atoms with Crippen LogP contribution in [0.3, 0.4) is 0 Å². The van der Waals surface area contributed by atoms with Crippen LogP contribution >= 0.6 is 58.0 Å². The third kappa shape index (κ3) is 19.2. The average molecular weight is 1840 g/mol. The predicted molar refractivity (Wildman–Crippen MR) is 497 cm³/mol. The van der Waals surface area contributed by atoms with Crippen LogP contribution in [0.15, 0.2) is 256 Å². The lowest BCUT2D eigenvalue weighted by Crippen LogP contribution is -2.67. The normalized spacial score (nSPS) is 14.2. The maximum Gasteiger partial charge on any atom is 0.410 e. The molecule has 7 aromatic heterocycles. The number of halogens is 8. The van der Waals surface area contributed by atoms with Gasteiger partial charge >= 0.3 is 12.2 Å². The molecule has 0 saturated carbocycles. The van der Waals surface area contributed by atoms with Crippen molar-refractivity contribution in [1.82, 2.24) is 48.4 Å². The molecule has 0 aliphatic carbocycles. The number of hydrogen-bond donors (Lipinski definition) is 3. The standard InChI is InChI=1S/C36H44ClF2N3O6.C33H24Cl3N3O2.C32H26ClFN4O2/c1-33(2,3)47-31(43)41-17-24(18-41)36(45,25-19-42(20-25)32(44)48-34(4,5)6)23-13-14-28-26(16-23)29(37)27(30(40-28)46-8)15-21-9-11-22(12-10-21)35(7,38)39;1-41-32-27(17-21-6-10-25(11-7-21)39-15-2-3-16-39)31(36)26-18-22(9-13-30(26)38-32)33(40,24-5-4-14-37-20-24)23-8-12-28(34)29(35)19-23;1-37-20-35-19-29(37)32(39,22-7-10-24(34)11-8-22)23-9-14-28-26(18-23)30(33)27(31(36-28)40-2)17-21-5-12-25(13-6-21)38-15-3-4-16-38/h9-14,16,24-25,45H,15,17-20H2,1-8H3;2-16,18-20,40H,17H2,1H3;3-16,18-20,39H,17H2,1-2H3. The minimum Gasteiger partial charge on any atom is -0.481 e. The Bertz CT molecular complexity index is 6540. The van der Waals surface area contributed by atoms with E-state index in [1.807, 2.05) is 88.5 Å². The van der Waals surface area contributed by atoms with E-state index in [1.54, 1.807) is 181 Å². The van der Waals surface area contributed by atoms with Crippen LogP contribution in [-0.2, 0) is 58.5 Å². The third-order valence-electron chi connectivity index (χ3n) is 23.3. The number of carbonyl (C=O) groups excluding carboxylic acids is 2. The Morgan fingerprint density at radius 2 is 0.814 bits per heavy atom. The molecule has 0 radical (unpaired) electrons. The first kappa shape index (κ1) is 91.7. The summed E-state index contributed by atoms with van der Waals surface area (Å²) in [6.45, 7) is 12.7. The third-order valence-corrected chi connectivity index (χ3v) is 25.3. The van der Waals surface area contributed by atoms with Crippen molar-refractivity contribution in [2.45, 2.75) is 102 Å². The van der Waals surface area contributed by atoms with E-state index in [0.29, 0.717) is 133 Å². The minimum atomic E-state index is -2.96. The lowest BCUT2D eigenvalue weighted by atomic mass is 9.66. The van der Waals surface area contributed by atoms with Crippen LogP contribution in [0.4, 0.5) is 22.8 Å². The fourth-order valence-electron chi connectivity index (χ4n) is 16.4. The van der Waals surface area contributed by atoms with Crippen LogP contribution in [-0.4, -0.2) is 135 Å². The van der Waals surface area contributed by atoms with E-state index >= 15 is 0 Å². The van der Waals surface area contributed by atoms with E-state index in [0.717, 1.165) is 46.1 Å². The quantitative estimate of drug-likeness (QED) is 0.0608. The van der Waals surface area contributed by atoms with Gasteiger partial charge in [-0.1, -0.05) is 149 Å². The van der Waals surface area contributed by atoms with Crippen LogP contribution in [0.2, 0.25) is 25.1 Å². The van der Waals surface area contributed by atoms with Gasteiger partial charge in [-0.15, -0.1) is 0 Å². The maximum absolute atomic E-state index is 13.8. The van der Waals surface area contributed by atoms with Crippen LogP contribution in [0.1, 0.15) is 126 Å². The number of benzene rings is 8. The van der Waals surface area contributed by atoms with E-state index in [1.165, 1.54) is 31.4 Å². The largest absolute Gasteiger partial charge is 0.481 e. The zero-order valence-electron chi connectivity index (χ0n) is 72.5. The number of ether oxygens (including phenoxy) is 5. The van der Waals surface area contributed by atoms with Gasteiger partial charge in [0.25, 0.3) is 5.92 Å². The van der Waals surface area contributed by atoms with Gasteiger partial charge in [0.15, 0.2) is 5.60 Å². The number of fused-ring (bicyclic) bond motifs is 3. The summed E-state index contributed by atoms with van der Waals surface area (Å²) in [6, 6.07) is 61.2. The molecule has 15 aromatic rings. The molecule has 28 heteroatoms. The number of methoxy groups -OCH3 is 3. The number of imidazole rings is 1. The van der Waals surface area contributed by atoms with E-state index in [9.17, 15) is 38.1 Å². The first-order valence-corrected chi connectivity index (χ1v) is 43.5. The van der Waals surface area contributed by atoms with Crippen molar-refractivity contribution in [3.63, 3.8) is 0 Å². The molecular formula is C101H94Cl5F3N10O10. The Labute approximate surface area is 769 Å². The van der Waals surface area contributed by atoms with Crippen molar-refractivity contribution in [2.24, 2.45) is 18.9 Å². The molecule has 664 valence electrons. The van der Waals surface area contributed by atoms with Crippen molar-refractivity contribution in [1.29, 1.82) is 0 Å². The van der Waals surface area contributed by atoms with Gasteiger partial charge in [0.1, 0.15) is 28.2 Å². The zero-order chi connectivity index (χ0) is 91.8. The summed E-state index contributed by atoms with van der Waals surface area (Å²) in [4.78, 5) is 51.3. The second-order valence-electron chi connectivity index (χ2n) is 34.2. The lowest BCUT2D eigenvalue weighted by Gasteiger charge is -2.55. The number of rotatable bonds is 21. The van der Waals surface area contributed by atoms with E-state index in [-0.39, 0.29) is 55.8 Å². The molecule has 2 amide bonds. The maximum atomic E-state index is 13.8. The smallest absolute Gasteiger partial charge is 0.410 e. The predicted octanol–water partition coefficient (Wildman–Crippen LogP) is 22.2. The number of nitrogens with zero attached hydrogens (tertiary/aromatic N) is 10. The van der Waals surface area contributed by atoms with Crippen molar-refractivity contribution in [3.05, 3.63) is 365 Å². The number of alkyl halides is 2. The number of aliphatic hydroxyl groups is 3. The average Bonchev–Trinajstić information content (AvgIpc) is 1.55. The van der Waals surface area contributed by atoms with Gasteiger partial charge in [0, 0.05) is 164 Å². The van der Waals surface area contributed by atoms with Gasteiger partial charge in [0.05, 0.1) is 81.2 Å². The minimum absolute atomic E-state index is 0.0904. The summed E-state index contributed by atoms with van der Waals surface area (Å²) >= 11 is 33.8. The number of aromatic nitrogens is 8. The van der Waals surface area contributed by atoms with E-state index in [4.69, 9.17) is 91.7 Å². The molecule has 8 aromatic carbocycles. The van der Waals surface area contributed by atoms with Gasteiger partial charge in [-0.05, 0) is 201 Å². The first-order valence-electron chi connectivity index (χ1n) is 41.6. The molecule has 2 aliphatic heterocycles. The molecule has 2 saturated heterocycles.